The molecule has 4 nitrogen and oxygen atoms in total. The van der Waals surface area contributed by atoms with Gasteiger partial charge in [0.25, 0.3) is 0 Å². The molecule has 0 bridgehead atoms. The number of halogens is 3. The molecule has 0 unspecified atom stereocenters. The minimum Gasteiger partial charge on any atom is -0.478 e. The molecule has 0 aromatic heterocycles. The van der Waals surface area contributed by atoms with E-state index in [0.29, 0.717) is 5.56 Å². The van der Waals surface area contributed by atoms with E-state index in [0.717, 1.165) is 12.1 Å². The predicted molar refractivity (Wildman–Crippen MR) is 49.5 cm³/mol. The zero-order valence-electron chi connectivity index (χ0n) is 8.50. The van der Waals surface area contributed by atoms with Crippen LogP contribution in [-0.4, -0.2) is 17.4 Å². The molecular weight excluding hydrogens is 239 g/mol. The van der Waals surface area contributed by atoms with Crippen molar-refractivity contribution in [1.82, 2.24) is 0 Å². The van der Waals surface area contributed by atoms with E-state index in [1.165, 1.54) is 13.0 Å². The first-order valence-electron chi connectivity index (χ1n) is 4.28. The van der Waals surface area contributed by atoms with Crippen molar-refractivity contribution in [3.05, 3.63) is 28.8 Å². The lowest BCUT2D eigenvalue weighted by Crippen LogP contribution is -2.20. The quantitative estimate of drug-likeness (QED) is 0.868. The molecule has 90 valence electrons. The van der Waals surface area contributed by atoms with Crippen molar-refractivity contribution in [3.63, 3.8) is 0 Å². The Morgan fingerprint density at radius 1 is 1.47 bits per heavy atom. The first-order chi connectivity index (χ1) is 7.74. The molecule has 0 atom stereocenters. The summed E-state index contributed by atoms with van der Waals surface area (Å²) in [6.07, 6.45) is -5.05. The van der Waals surface area contributed by atoms with Gasteiger partial charge >= 0.3 is 12.3 Å². The number of aromatic carboxylic acids is 1. The molecule has 1 aromatic carbocycles. The van der Waals surface area contributed by atoms with Crippen molar-refractivity contribution in [3.8, 4) is 11.8 Å². The number of nitriles is 1. The van der Waals surface area contributed by atoms with Crippen molar-refractivity contribution in [2.75, 3.05) is 0 Å². The number of alkyl halides is 3. The summed E-state index contributed by atoms with van der Waals surface area (Å²) < 4.78 is 39.8. The van der Waals surface area contributed by atoms with Gasteiger partial charge in [-0.2, -0.15) is 5.26 Å². The van der Waals surface area contributed by atoms with Crippen LogP contribution in [0.1, 0.15) is 21.5 Å². The summed E-state index contributed by atoms with van der Waals surface area (Å²) in [5.41, 5.74) is -0.813. The number of hydrogen-bond donors (Lipinski definition) is 1. The van der Waals surface area contributed by atoms with E-state index in [4.69, 9.17) is 10.4 Å². The largest absolute Gasteiger partial charge is 0.573 e. The van der Waals surface area contributed by atoms with E-state index in [-0.39, 0.29) is 0 Å². The summed E-state index contributed by atoms with van der Waals surface area (Å²) in [6, 6.07) is 3.59. The molecule has 0 radical (unpaired) electrons. The normalized spacial score (nSPS) is 10.8. The first kappa shape index (κ1) is 12.8. The van der Waals surface area contributed by atoms with Crippen molar-refractivity contribution in [2.24, 2.45) is 0 Å². The fraction of sp³-hybridized carbons (Fsp3) is 0.200. The Morgan fingerprint density at radius 3 is 2.47 bits per heavy atom. The zero-order valence-corrected chi connectivity index (χ0v) is 8.50. The second kappa shape index (κ2) is 4.33. The van der Waals surface area contributed by atoms with Crippen LogP contribution in [0.4, 0.5) is 13.2 Å². The van der Waals surface area contributed by atoms with Gasteiger partial charge in [-0.1, -0.05) is 0 Å². The van der Waals surface area contributed by atoms with Gasteiger partial charge in [-0.15, -0.1) is 13.2 Å². The Morgan fingerprint density at radius 2 is 2.06 bits per heavy atom. The second-order valence-electron chi connectivity index (χ2n) is 3.15. The minimum absolute atomic E-state index is 0.355. The summed E-state index contributed by atoms with van der Waals surface area (Å²) in [5.74, 6) is -2.58. The number of benzene rings is 1. The average Bonchev–Trinajstić information content (AvgIpc) is 2.17. The van der Waals surface area contributed by atoms with Crippen LogP contribution in [0.2, 0.25) is 0 Å². The maximum absolute atomic E-state index is 12.1. The molecule has 0 saturated carbocycles. The number of aryl methyl sites for hydroxylation is 1. The number of carboxylic acids is 1. The van der Waals surface area contributed by atoms with Crippen LogP contribution in [-0.2, 0) is 0 Å². The number of carbonyl (C=O) groups is 1. The van der Waals surface area contributed by atoms with E-state index >= 15 is 0 Å². The van der Waals surface area contributed by atoms with Crippen molar-refractivity contribution in [1.29, 1.82) is 5.26 Å². The van der Waals surface area contributed by atoms with Gasteiger partial charge < -0.3 is 9.84 Å². The van der Waals surface area contributed by atoms with Crippen LogP contribution in [0.25, 0.3) is 0 Å². The predicted octanol–water partition coefficient (Wildman–Crippen LogP) is 2.46. The molecule has 7 heteroatoms. The Kier molecular flexibility index (Phi) is 3.27. The third kappa shape index (κ3) is 3.11. The molecule has 1 N–H and O–H groups in total. The van der Waals surface area contributed by atoms with Crippen molar-refractivity contribution < 1.29 is 27.8 Å². The maximum atomic E-state index is 12.1. The Labute approximate surface area is 93.8 Å². The van der Waals surface area contributed by atoms with Crippen LogP contribution in [0.15, 0.2) is 12.1 Å². The number of ether oxygens (including phenoxy) is 1. The molecule has 0 heterocycles. The highest BCUT2D eigenvalue weighted by atomic mass is 19.4. The number of rotatable bonds is 2. The molecule has 1 rings (SSSR count). The van der Waals surface area contributed by atoms with E-state index < -0.39 is 29.2 Å². The average molecular weight is 245 g/mol. The van der Waals surface area contributed by atoms with Gasteiger partial charge in [-0.3, -0.25) is 0 Å². The molecular formula is C10H6F3NO3. The molecule has 0 saturated heterocycles. The van der Waals surface area contributed by atoms with Crippen molar-refractivity contribution in [2.45, 2.75) is 13.3 Å². The third-order valence-electron chi connectivity index (χ3n) is 1.80. The van der Waals surface area contributed by atoms with Gasteiger partial charge in [0.15, 0.2) is 5.75 Å². The standard InChI is InChI=1S/C10H6F3NO3/c1-5-2-6(4-14)8(17-10(11,12)13)7(3-5)9(15)16/h2-3H,1H3,(H,15,16). The molecule has 0 aliphatic heterocycles. The molecule has 0 spiro atoms. The van der Waals surface area contributed by atoms with Crippen LogP contribution < -0.4 is 4.74 Å². The summed E-state index contributed by atoms with van der Waals surface area (Å²) >= 11 is 0. The fourth-order valence-electron chi connectivity index (χ4n) is 1.24. The molecule has 0 aliphatic rings. The van der Waals surface area contributed by atoms with Gasteiger partial charge in [-0.25, -0.2) is 4.79 Å². The monoisotopic (exact) mass is 245 g/mol. The highest BCUT2D eigenvalue weighted by molar-refractivity contribution is 5.92. The van der Waals surface area contributed by atoms with Gasteiger partial charge in [0.2, 0.25) is 0 Å². The van der Waals surface area contributed by atoms with Crippen LogP contribution >= 0.6 is 0 Å². The molecule has 0 fully saturated rings. The lowest BCUT2D eigenvalue weighted by atomic mass is 10.1. The lowest BCUT2D eigenvalue weighted by molar-refractivity contribution is -0.274. The zero-order chi connectivity index (χ0) is 13.2. The number of nitrogens with zero attached hydrogens (tertiary/aromatic N) is 1. The van der Waals surface area contributed by atoms with Gasteiger partial charge in [0.05, 0.1) is 5.56 Å². The lowest BCUT2D eigenvalue weighted by Gasteiger charge is -2.13. The van der Waals surface area contributed by atoms with Crippen molar-refractivity contribution >= 4 is 5.97 Å². The highest BCUT2D eigenvalue weighted by Gasteiger charge is 2.34. The molecule has 17 heavy (non-hydrogen) atoms. The number of hydrogen-bond acceptors (Lipinski definition) is 3. The fourth-order valence-corrected chi connectivity index (χ4v) is 1.24. The number of carboxylic acid groups (broad SMARTS) is 1. The van der Waals surface area contributed by atoms with Crippen LogP contribution in [0.5, 0.6) is 5.75 Å². The van der Waals surface area contributed by atoms with Crippen LogP contribution in [0.3, 0.4) is 0 Å². The Bertz CT molecular complexity index is 503. The second-order valence-corrected chi connectivity index (χ2v) is 3.15. The van der Waals surface area contributed by atoms with Gasteiger partial charge in [0, 0.05) is 0 Å². The summed E-state index contributed by atoms with van der Waals surface area (Å²) in [6.45, 7) is 1.46. The van der Waals surface area contributed by atoms with Crippen LogP contribution in [0, 0.1) is 18.3 Å². The van der Waals surface area contributed by atoms with E-state index in [9.17, 15) is 18.0 Å². The van der Waals surface area contributed by atoms with E-state index in [2.05, 4.69) is 4.74 Å². The highest BCUT2D eigenvalue weighted by Crippen LogP contribution is 2.31. The SMILES string of the molecule is Cc1cc(C#N)c(OC(F)(F)F)c(C(=O)O)c1. The Balaban J connectivity index is 3.44. The maximum Gasteiger partial charge on any atom is 0.573 e. The summed E-state index contributed by atoms with van der Waals surface area (Å²) in [7, 11) is 0. The smallest absolute Gasteiger partial charge is 0.478 e. The summed E-state index contributed by atoms with van der Waals surface area (Å²) in [4.78, 5) is 10.8. The first-order valence-corrected chi connectivity index (χ1v) is 4.28. The Hall–Kier alpha value is -2.23. The minimum atomic E-state index is -5.05. The third-order valence-corrected chi connectivity index (χ3v) is 1.80. The molecule has 1 aromatic rings. The van der Waals surface area contributed by atoms with E-state index in [1.807, 2.05) is 0 Å². The molecule has 0 amide bonds. The van der Waals surface area contributed by atoms with E-state index in [1.54, 1.807) is 0 Å². The van der Waals surface area contributed by atoms with Gasteiger partial charge in [-0.05, 0) is 24.6 Å². The topological polar surface area (TPSA) is 70.3 Å². The summed E-state index contributed by atoms with van der Waals surface area (Å²) in [5, 5.41) is 17.4. The van der Waals surface area contributed by atoms with Gasteiger partial charge in [0.1, 0.15) is 11.6 Å². The molecule has 0 aliphatic carbocycles.